The average Bonchev–Trinajstić information content (AvgIpc) is 3.02. The fourth-order valence-corrected chi connectivity index (χ4v) is 5.13. The summed E-state index contributed by atoms with van der Waals surface area (Å²) in [4.78, 5) is 0.200. The zero-order valence-corrected chi connectivity index (χ0v) is 14.5. The third kappa shape index (κ3) is 4.07. The molecule has 0 aliphatic heterocycles. The fourth-order valence-electron chi connectivity index (χ4n) is 3.47. The molecule has 1 saturated carbocycles. The molecule has 0 amide bonds. The van der Waals surface area contributed by atoms with Crippen LogP contribution in [0.3, 0.4) is 0 Å². The van der Waals surface area contributed by atoms with Gasteiger partial charge in [-0.2, -0.15) is 0 Å². The third-order valence-corrected chi connectivity index (χ3v) is 6.72. The first-order valence-electron chi connectivity index (χ1n) is 8.28. The van der Waals surface area contributed by atoms with Gasteiger partial charge >= 0.3 is 0 Å². The summed E-state index contributed by atoms with van der Waals surface area (Å²) in [6, 6.07) is 9.31. The van der Waals surface area contributed by atoms with Gasteiger partial charge in [-0.1, -0.05) is 12.1 Å². The molecule has 1 aliphatic rings. The van der Waals surface area contributed by atoms with Crippen LogP contribution in [0.2, 0.25) is 0 Å². The molecule has 3 nitrogen and oxygen atoms in total. The maximum Gasteiger partial charge on any atom is 0.178 e. The van der Waals surface area contributed by atoms with Gasteiger partial charge in [0.1, 0.15) is 11.6 Å². The number of sulfone groups is 1. The first-order valence-corrected chi connectivity index (χ1v) is 9.93. The Balaban J connectivity index is 1.77. The van der Waals surface area contributed by atoms with Crippen molar-refractivity contribution in [2.24, 2.45) is 11.8 Å². The van der Waals surface area contributed by atoms with Gasteiger partial charge in [-0.25, -0.2) is 17.2 Å². The van der Waals surface area contributed by atoms with Crippen LogP contribution in [0.4, 0.5) is 8.78 Å². The van der Waals surface area contributed by atoms with Crippen LogP contribution >= 0.6 is 0 Å². The molecule has 2 atom stereocenters. The summed E-state index contributed by atoms with van der Waals surface area (Å²) in [7, 11) is -3.43. The molecule has 1 N–H and O–H groups in total. The summed E-state index contributed by atoms with van der Waals surface area (Å²) < 4.78 is 51.9. The molecular weight excluding hydrogens is 346 g/mol. The van der Waals surface area contributed by atoms with Crippen molar-refractivity contribution in [2.75, 3.05) is 12.4 Å². The van der Waals surface area contributed by atoms with Crippen LogP contribution in [-0.4, -0.2) is 25.9 Å². The maximum atomic E-state index is 13.8. The summed E-state index contributed by atoms with van der Waals surface area (Å²) in [6.45, 7) is 0.106. The lowest BCUT2D eigenvalue weighted by atomic mass is 10.1. The van der Waals surface area contributed by atoms with Crippen molar-refractivity contribution < 1.29 is 22.3 Å². The van der Waals surface area contributed by atoms with E-state index in [1.807, 2.05) is 0 Å². The summed E-state index contributed by atoms with van der Waals surface area (Å²) in [5.41, 5.74) is 0.726. The highest BCUT2D eigenvalue weighted by molar-refractivity contribution is 7.91. The van der Waals surface area contributed by atoms with Crippen molar-refractivity contribution in [3.8, 4) is 11.1 Å². The summed E-state index contributed by atoms with van der Waals surface area (Å²) in [6.07, 6.45) is 2.40. The van der Waals surface area contributed by atoms with E-state index in [1.165, 1.54) is 36.4 Å². The van der Waals surface area contributed by atoms with Crippen molar-refractivity contribution in [3.05, 3.63) is 54.1 Å². The summed E-state index contributed by atoms with van der Waals surface area (Å²) in [5.74, 6) is -1.01. The van der Waals surface area contributed by atoms with Gasteiger partial charge < -0.3 is 5.11 Å². The number of aliphatic hydroxyl groups is 1. The smallest absolute Gasteiger partial charge is 0.178 e. The molecule has 3 rings (SSSR count). The second-order valence-corrected chi connectivity index (χ2v) is 8.69. The monoisotopic (exact) mass is 366 g/mol. The molecule has 0 heterocycles. The highest BCUT2D eigenvalue weighted by atomic mass is 32.2. The lowest BCUT2D eigenvalue weighted by Gasteiger charge is -2.12. The molecule has 1 aliphatic carbocycles. The standard InChI is InChI=1S/C19H20F2O3S/c20-16-5-8-18(19(21)10-16)15-3-6-17(7-4-15)25(23,24)12-14-2-1-13(9-14)11-22/h3-8,10,13-14,22H,1-2,9,11-12H2. The van der Waals surface area contributed by atoms with E-state index >= 15 is 0 Å². The van der Waals surface area contributed by atoms with Crippen molar-refractivity contribution in [1.29, 1.82) is 0 Å². The predicted molar refractivity (Wildman–Crippen MR) is 91.8 cm³/mol. The third-order valence-electron chi connectivity index (χ3n) is 4.82. The van der Waals surface area contributed by atoms with E-state index in [2.05, 4.69) is 0 Å². The number of rotatable bonds is 5. The highest BCUT2D eigenvalue weighted by Gasteiger charge is 2.29. The molecule has 25 heavy (non-hydrogen) atoms. The van der Waals surface area contributed by atoms with Crippen molar-refractivity contribution in [2.45, 2.75) is 24.2 Å². The van der Waals surface area contributed by atoms with Gasteiger partial charge in [0, 0.05) is 18.2 Å². The van der Waals surface area contributed by atoms with E-state index in [-0.39, 0.29) is 34.7 Å². The SMILES string of the molecule is O=S(=O)(CC1CCC(CO)C1)c1ccc(-c2ccc(F)cc2F)cc1. The van der Waals surface area contributed by atoms with Crippen LogP contribution in [0.25, 0.3) is 11.1 Å². The molecule has 2 aromatic rings. The topological polar surface area (TPSA) is 54.4 Å². The Bertz CT molecular complexity index is 847. The number of aliphatic hydroxyl groups excluding tert-OH is 1. The van der Waals surface area contributed by atoms with Crippen LogP contribution in [0.1, 0.15) is 19.3 Å². The van der Waals surface area contributed by atoms with Gasteiger partial charge in [-0.3, -0.25) is 0 Å². The van der Waals surface area contributed by atoms with Gasteiger partial charge in [0.2, 0.25) is 0 Å². The van der Waals surface area contributed by atoms with E-state index in [9.17, 15) is 22.3 Å². The van der Waals surface area contributed by atoms with Gasteiger partial charge in [0.25, 0.3) is 0 Å². The second kappa shape index (κ2) is 7.22. The second-order valence-electron chi connectivity index (χ2n) is 6.66. The number of hydrogen-bond acceptors (Lipinski definition) is 3. The van der Waals surface area contributed by atoms with E-state index in [0.29, 0.717) is 5.56 Å². The summed E-state index contributed by atoms with van der Waals surface area (Å²) in [5, 5.41) is 9.17. The largest absolute Gasteiger partial charge is 0.396 e. The van der Waals surface area contributed by atoms with Crippen LogP contribution in [-0.2, 0) is 9.84 Å². The number of hydrogen-bond donors (Lipinski definition) is 1. The first-order chi connectivity index (χ1) is 11.9. The molecule has 1 fully saturated rings. The average molecular weight is 366 g/mol. The Morgan fingerprint density at radius 3 is 2.28 bits per heavy atom. The molecule has 134 valence electrons. The van der Waals surface area contributed by atoms with E-state index in [0.717, 1.165) is 25.3 Å². The highest BCUT2D eigenvalue weighted by Crippen LogP contribution is 2.33. The molecule has 0 radical (unpaired) electrons. The minimum Gasteiger partial charge on any atom is -0.396 e. The van der Waals surface area contributed by atoms with Crippen molar-refractivity contribution >= 4 is 9.84 Å². The number of halogens is 2. The van der Waals surface area contributed by atoms with E-state index in [1.54, 1.807) is 0 Å². The molecule has 0 bridgehead atoms. The lowest BCUT2D eigenvalue weighted by Crippen LogP contribution is -2.15. The maximum absolute atomic E-state index is 13.8. The number of benzene rings is 2. The Morgan fingerprint density at radius 2 is 1.68 bits per heavy atom. The Labute approximate surface area is 146 Å². The molecular formula is C19H20F2O3S. The quantitative estimate of drug-likeness (QED) is 0.875. The zero-order valence-electron chi connectivity index (χ0n) is 13.7. The molecule has 0 aromatic heterocycles. The fraction of sp³-hybridized carbons (Fsp3) is 0.368. The van der Waals surface area contributed by atoms with Crippen LogP contribution in [0.5, 0.6) is 0 Å². The Kier molecular flexibility index (Phi) is 5.20. The normalized spacial score (nSPS) is 20.8. The van der Waals surface area contributed by atoms with E-state index in [4.69, 9.17) is 0 Å². The van der Waals surface area contributed by atoms with Crippen molar-refractivity contribution in [1.82, 2.24) is 0 Å². The molecule has 0 saturated heterocycles. The minimum atomic E-state index is -3.43. The Morgan fingerprint density at radius 1 is 1.00 bits per heavy atom. The van der Waals surface area contributed by atoms with Gasteiger partial charge in [0.15, 0.2) is 9.84 Å². The molecule has 0 spiro atoms. The van der Waals surface area contributed by atoms with Crippen LogP contribution < -0.4 is 0 Å². The lowest BCUT2D eigenvalue weighted by molar-refractivity contribution is 0.227. The molecule has 2 unspecified atom stereocenters. The van der Waals surface area contributed by atoms with Gasteiger partial charge in [0.05, 0.1) is 10.6 Å². The summed E-state index contributed by atoms with van der Waals surface area (Å²) >= 11 is 0. The zero-order chi connectivity index (χ0) is 18.0. The van der Waals surface area contributed by atoms with Crippen molar-refractivity contribution in [3.63, 3.8) is 0 Å². The predicted octanol–water partition coefficient (Wildman–Crippen LogP) is 3.81. The van der Waals surface area contributed by atoms with Gasteiger partial charge in [-0.05, 0) is 60.9 Å². The Hall–Kier alpha value is -1.79. The molecule has 2 aromatic carbocycles. The van der Waals surface area contributed by atoms with E-state index < -0.39 is 21.5 Å². The van der Waals surface area contributed by atoms with Gasteiger partial charge in [-0.15, -0.1) is 0 Å². The van der Waals surface area contributed by atoms with Crippen LogP contribution in [0.15, 0.2) is 47.4 Å². The minimum absolute atomic E-state index is 0.0633. The molecule has 6 heteroatoms. The van der Waals surface area contributed by atoms with Crippen LogP contribution in [0, 0.1) is 23.5 Å². The first kappa shape index (κ1) is 18.0.